The number of methoxy groups -OCH3 is 2. The van der Waals surface area contributed by atoms with Gasteiger partial charge in [-0.05, 0) is 12.1 Å². The zero-order valence-corrected chi connectivity index (χ0v) is 10.7. The SMILES string of the molecule is COC(=O)C[C@@H](O)c1ccc(Br)cc1OC. The molecule has 0 heterocycles. The molecule has 0 saturated carbocycles. The Morgan fingerprint density at radius 3 is 2.75 bits per heavy atom. The molecule has 5 heteroatoms. The van der Waals surface area contributed by atoms with E-state index in [9.17, 15) is 9.90 Å². The van der Waals surface area contributed by atoms with Crippen LogP contribution >= 0.6 is 15.9 Å². The normalized spacial score (nSPS) is 12.0. The Balaban J connectivity index is 2.90. The number of esters is 1. The highest BCUT2D eigenvalue weighted by Crippen LogP contribution is 2.30. The molecule has 0 fully saturated rings. The molecule has 0 radical (unpaired) electrons. The summed E-state index contributed by atoms with van der Waals surface area (Å²) in [6.07, 6.45) is -1.01. The summed E-state index contributed by atoms with van der Waals surface area (Å²) in [5, 5.41) is 9.83. The molecule has 1 atom stereocenters. The third-order valence-corrected chi connectivity index (χ3v) is 2.64. The molecular weight excluding hydrogens is 276 g/mol. The molecule has 4 nitrogen and oxygen atoms in total. The Labute approximate surface area is 102 Å². The van der Waals surface area contributed by atoms with Crippen molar-refractivity contribution < 1.29 is 19.4 Å². The zero-order valence-electron chi connectivity index (χ0n) is 9.07. The maximum absolute atomic E-state index is 11.0. The van der Waals surface area contributed by atoms with Gasteiger partial charge >= 0.3 is 5.97 Å². The van der Waals surface area contributed by atoms with E-state index in [1.54, 1.807) is 18.2 Å². The summed E-state index contributed by atoms with van der Waals surface area (Å²) in [5.41, 5.74) is 0.566. The van der Waals surface area contributed by atoms with Crippen LogP contribution in [0.2, 0.25) is 0 Å². The van der Waals surface area contributed by atoms with Crippen LogP contribution in [0, 0.1) is 0 Å². The molecule has 0 aliphatic heterocycles. The molecule has 0 spiro atoms. The first-order chi connectivity index (χ1) is 7.58. The maximum Gasteiger partial charge on any atom is 0.308 e. The second kappa shape index (κ2) is 5.86. The van der Waals surface area contributed by atoms with E-state index in [1.807, 2.05) is 0 Å². The molecule has 0 aliphatic carbocycles. The van der Waals surface area contributed by atoms with Crippen molar-refractivity contribution in [1.29, 1.82) is 0 Å². The second-order valence-corrected chi connectivity index (χ2v) is 4.10. The van der Waals surface area contributed by atoms with Gasteiger partial charge < -0.3 is 14.6 Å². The smallest absolute Gasteiger partial charge is 0.308 e. The lowest BCUT2D eigenvalue weighted by Crippen LogP contribution is -2.09. The Morgan fingerprint density at radius 2 is 2.19 bits per heavy atom. The zero-order chi connectivity index (χ0) is 12.1. The molecule has 0 bridgehead atoms. The highest BCUT2D eigenvalue weighted by Gasteiger charge is 2.17. The van der Waals surface area contributed by atoms with Crippen molar-refractivity contribution in [2.45, 2.75) is 12.5 Å². The molecule has 0 amide bonds. The first-order valence-corrected chi connectivity index (χ1v) is 5.46. The van der Waals surface area contributed by atoms with Gasteiger partial charge in [0, 0.05) is 10.0 Å². The van der Waals surface area contributed by atoms with Crippen LogP contribution in [-0.2, 0) is 9.53 Å². The van der Waals surface area contributed by atoms with Crippen molar-refractivity contribution in [2.75, 3.05) is 14.2 Å². The highest BCUT2D eigenvalue weighted by atomic mass is 79.9. The number of aliphatic hydroxyl groups is 1. The number of carbonyl (C=O) groups is 1. The first kappa shape index (κ1) is 13.0. The summed E-state index contributed by atoms with van der Waals surface area (Å²) >= 11 is 3.30. The predicted molar refractivity (Wildman–Crippen MR) is 62.3 cm³/mol. The first-order valence-electron chi connectivity index (χ1n) is 4.66. The fourth-order valence-corrected chi connectivity index (χ4v) is 1.65. The Hall–Kier alpha value is -1.07. The van der Waals surface area contributed by atoms with E-state index in [4.69, 9.17) is 4.74 Å². The van der Waals surface area contributed by atoms with Crippen molar-refractivity contribution in [3.63, 3.8) is 0 Å². The summed E-state index contributed by atoms with van der Waals surface area (Å²) in [7, 11) is 2.80. The lowest BCUT2D eigenvalue weighted by atomic mass is 10.1. The van der Waals surface area contributed by atoms with Crippen molar-refractivity contribution in [2.24, 2.45) is 0 Å². The lowest BCUT2D eigenvalue weighted by Gasteiger charge is -2.13. The third kappa shape index (κ3) is 3.21. The number of ether oxygens (including phenoxy) is 2. The fraction of sp³-hybridized carbons (Fsp3) is 0.364. The molecule has 1 aromatic carbocycles. The van der Waals surface area contributed by atoms with Gasteiger partial charge in [0.25, 0.3) is 0 Å². The highest BCUT2D eigenvalue weighted by molar-refractivity contribution is 9.10. The van der Waals surface area contributed by atoms with Gasteiger partial charge in [0.05, 0.1) is 26.7 Å². The minimum absolute atomic E-state index is 0.0888. The van der Waals surface area contributed by atoms with Gasteiger partial charge in [0.15, 0.2) is 0 Å². The van der Waals surface area contributed by atoms with Crippen molar-refractivity contribution in [3.8, 4) is 5.75 Å². The number of halogens is 1. The number of carbonyl (C=O) groups excluding carboxylic acids is 1. The Kier molecular flexibility index (Phi) is 4.76. The standard InChI is InChI=1S/C11H13BrO4/c1-15-10-5-7(12)3-4-8(10)9(13)6-11(14)16-2/h3-5,9,13H,6H2,1-2H3/t9-/m1/s1. The number of rotatable bonds is 4. The van der Waals surface area contributed by atoms with Crippen LogP contribution < -0.4 is 4.74 Å². The van der Waals surface area contributed by atoms with Crippen molar-refractivity contribution in [1.82, 2.24) is 0 Å². The van der Waals surface area contributed by atoms with E-state index in [2.05, 4.69) is 20.7 Å². The topological polar surface area (TPSA) is 55.8 Å². The van der Waals surface area contributed by atoms with Crippen LogP contribution in [0.15, 0.2) is 22.7 Å². The number of aliphatic hydroxyl groups excluding tert-OH is 1. The van der Waals surface area contributed by atoms with Gasteiger partial charge in [-0.2, -0.15) is 0 Å². The van der Waals surface area contributed by atoms with Crippen LogP contribution in [0.25, 0.3) is 0 Å². The largest absolute Gasteiger partial charge is 0.496 e. The monoisotopic (exact) mass is 288 g/mol. The van der Waals surface area contributed by atoms with Crippen molar-refractivity contribution in [3.05, 3.63) is 28.2 Å². The average molecular weight is 289 g/mol. The molecule has 0 unspecified atom stereocenters. The summed E-state index contributed by atoms with van der Waals surface area (Å²) in [6.45, 7) is 0. The van der Waals surface area contributed by atoms with E-state index in [-0.39, 0.29) is 6.42 Å². The molecule has 0 saturated heterocycles. The van der Waals surface area contributed by atoms with Crippen LogP contribution in [-0.4, -0.2) is 25.3 Å². The molecule has 0 aliphatic rings. The lowest BCUT2D eigenvalue weighted by molar-refractivity contribution is -0.142. The average Bonchev–Trinajstić information content (AvgIpc) is 2.28. The van der Waals surface area contributed by atoms with Crippen LogP contribution in [0.1, 0.15) is 18.1 Å². The summed E-state index contributed by atoms with van der Waals surface area (Å²) in [4.78, 5) is 11.0. The minimum atomic E-state index is -0.921. The predicted octanol–water partition coefficient (Wildman–Crippen LogP) is 2.05. The van der Waals surface area contributed by atoms with Gasteiger partial charge in [-0.25, -0.2) is 0 Å². The molecule has 0 aromatic heterocycles. The molecule has 1 N–H and O–H groups in total. The van der Waals surface area contributed by atoms with E-state index >= 15 is 0 Å². The number of benzene rings is 1. The second-order valence-electron chi connectivity index (χ2n) is 3.18. The van der Waals surface area contributed by atoms with Crippen molar-refractivity contribution >= 4 is 21.9 Å². The van der Waals surface area contributed by atoms with E-state index < -0.39 is 12.1 Å². The molecular formula is C11H13BrO4. The number of hydrogen-bond donors (Lipinski definition) is 1. The fourth-order valence-electron chi connectivity index (χ4n) is 1.31. The van der Waals surface area contributed by atoms with Gasteiger partial charge in [-0.3, -0.25) is 4.79 Å². The Bertz CT molecular complexity index is 378. The van der Waals surface area contributed by atoms with Crippen LogP contribution in [0.4, 0.5) is 0 Å². The summed E-state index contributed by atoms with van der Waals surface area (Å²) in [5.74, 6) is 0.0725. The molecule has 1 aromatic rings. The quantitative estimate of drug-likeness (QED) is 0.862. The van der Waals surface area contributed by atoms with Gasteiger partial charge in [-0.1, -0.05) is 22.0 Å². The van der Waals surface area contributed by atoms with E-state index in [0.29, 0.717) is 11.3 Å². The van der Waals surface area contributed by atoms with Gasteiger partial charge in [0.2, 0.25) is 0 Å². The number of hydrogen-bond acceptors (Lipinski definition) is 4. The van der Waals surface area contributed by atoms with Crippen LogP contribution in [0.3, 0.4) is 0 Å². The van der Waals surface area contributed by atoms with E-state index in [1.165, 1.54) is 14.2 Å². The molecule has 1 rings (SSSR count). The van der Waals surface area contributed by atoms with E-state index in [0.717, 1.165) is 4.47 Å². The van der Waals surface area contributed by atoms with Crippen LogP contribution in [0.5, 0.6) is 5.75 Å². The molecule has 16 heavy (non-hydrogen) atoms. The van der Waals surface area contributed by atoms with Gasteiger partial charge in [-0.15, -0.1) is 0 Å². The van der Waals surface area contributed by atoms with Gasteiger partial charge in [0.1, 0.15) is 5.75 Å². The third-order valence-electron chi connectivity index (χ3n) is 2.14. The molecule has 88 valence electrons. The Morgan fingerprint density at radius 1 is 1.50 bits per heavy atom. The summed E-state index contributed by atoms with van der Waals surface area (Å²) < 4.78 is 10.5. The minimum Gasteiger partial charge on any atom is -0.496 e. The summed E-state index contributed by atoms with van der Waals surface area (Å²) in [6, 6.07) is 5.21. The maximum atomic E-state index is 11.0.